The van der Waals surface area contributed by atoms with E-state index in [1.807, 2.05) is 24.3 Å². The average molecular weight is 237 g/mol. The minimum atomic E-state index is -0.928. The highest BCUT2D eigenvalue weighted by Gasteiger charge is 2.28. The molecule has 0 saturated heterocycles. The predicted molar refractivity (Wildman–Crippen MR) is 60.7 cm³/mol. The summed E-state index contributed by atoms with van der Waals surface area (Å²) >= 11 is 0. The molecule has 1 heterocycles. The molecule has 2 atom stereocenters. The van der Waals surface area contributed by atoms with Gasteiger partial charge in [-0.25, -0.2) is 0 Å². The number of para-hydroxylation sites is 1. The van der Waals surface area contributed by atoms with Gasteiger partial charge in [-0.05, 0) is 11.6 Å². The highest BCUT2D eigenvalue weighted by molar-refractivity contribution is 5.82. The Balaban J connectivity index is 1.88. The van der Waals surface area contributed by atoms with Crippen LogP contribution in [0.15, 0.2) is 24.3 Å². The lowest BCUT2D eigenvalue weighted by Gasteiger charge is -2.13. The normalized spacial score (nSPS) is 19.3. The zero-order valence-electron chi connectivity index (χ0n) is 9.30. The lowest BCUT2D eigenvalue weighted by Crippen LogP contribution is -2.41. The first-order chi connectivity index (χ1) is 8.20. The zero-order chi connectivity index (χ0) is 12.3. The molecule has 1 aromatic carbocycles. The second kappa shape index (κ2) is 5.16. The fourth-order valence-corrected chi connectivity index (χ4v) is 1.73. The molecule has 2 unspecified atom stereocenters. The highest BCUT2D eigenvalue weighted by Crippen LogP contribution is 2.27. The molecule has 1 amide bonds. The van der Waals surface area contributed by atoms with E-state index in [1.165, 1.54) is 0 Å². The van der Waals surface area contributed by atoms with E-state index < -0.39 is 12.2 Å². The average Bonchev–Trinajstić information content (AvgIpc) is 2.79. The van der Waals surface area contributed by atoms with Gasteiger partial charge in [-0.15, -0.1) is 0 Å². The number of rotatable bonds is 4. The van der Waals surface area contributed by atoms with Gasteiger partial charge in [0.05, 0.1) is 12.7 Å². The number of amides is 1. The lowest BCUT2D eigenvalue weighted by molar-refractivity contribution is -0.127. The van der Waals surface area contributed by atoms with Crippen LogP contribution in [-0.4, -0.2) is 41.5 Å². The van der Waals surface area contributed by atoms with Crippen LogP contribution in [0.2, 0.25) is 0 Å². The van der Waals surface area contributed by atoms with Gasteiger partial charge in [-0.2, -0.15) is 0 Å². The molecule has 0 fully saturated rings. The molecule has 2 rings (SSSR count). The van der Waals surface area contributed by atoms with Crippen molar-refractivity contribution in [2.75, 3.05) is 13.2 Å². The summed E-state index contributed by atoms with van der Waals surface area (Å²) in [6, 6.07) is 7.50. The molecule has 0 aliphatic carbocycles. The van der Waals surface area contributed by atoms with Crippen molar-refractivity contribution < 1.29 is 19.7 Å². The third kappa shape index (κ3) is 2.75. The van der Waals surface area contributed by atoms with Crippen LogP contribution >= 0.6 is 0 Å². The fourth-order valence-electron chi connectivity index (χ4n) is 1.73. The van der Waals surface area contributed by atoms with Gasteiger partial charge in [0.2, 0.25) is 0 Å². The third-order valence-electron chi connectivity index (χ3n) is 2.66. The van der Waals surface area contributed by atoms with Crippen LogP contribution in [0.1, 0.15) is 5.56 Å². The first kappa shape index (κ1) is 11.9. The van der Waals surface area contributed by atoms with Crippen LogP contribution in [0.3, 0.4) is 0 Å². The van der Waals surface area contributed by atoms with Crippen molar-refractivity contribution in [3.05, 3.63) is 29.8 Å². The van der Waals surface area contributed by atoms with E-state index in [0.29, 0.717) is 6.42 Å². The maximum atomic E-state index is 11.7. The van der Waals surface area contributed by atoms with Crippen molar-refractivity contribution in [2.45, 2.75) is 18.6 Å². The predicted octanol–water partition coefficient (Wildman–Crippen LogP) is -0.540. The summed E-state index contributed by atoms with van der Waals surface area (Å²) in [5.74, 6) is 0.462. The standard InChI is InChI=1S/C12H15NO4/c14-7-9(15)6-13-12(16)11-5-8-3-1-2-4-10(8)17-11/h1-4,9,11,14-15H,5-7H2,(H,13,16). The number of aliphatic hydroxyl groups excluding tert-OH is 2. The molecule has 0 spiro atoms. The van der Waals surface area contributed by atoms with Gasteiger partial charge >= 0.3 is 0 Å². The Morgan fingerprint density at radius 3 is 3.00 bits per heavy atom. The number of aliphatic hydroxyl groups is 2. The van der Waals surface area contributed by atoms with E-state index in [4.69, 9.17) is 14.9 Å². The number of fused-ring (bicyclic) bond motifs is 1. The Kier molecular flexibility index (Phi) is 3.61. The maximum absolute atomic E-state index is 11.7. The summed E-state index contributed by atoms with van der Waals surface area (Å²) in [6.45, 7) is -0.336. The molecular weight excluding hydrogens is 222 g/mol. The van der Waals surface area contributed by atoms with Crippen molar-refractivity contribution >= 4 is 5.91 Å². The number of nitrogens with one attached hydrogen (secondary N) is 1. The molecule has 1 aliphatic rings. The maximum Gasteiger partial charge on any atom is 0.261 e. The van der Waals surface area contributed by atoms with Crippen LogP contribution < -0.4 is 10.1 Å². The number of hydrogen-bond acceptors (Lipinski definition) is 4. The van der Waals surface area contributed by atoms with Gasteiger partial charge in [0.1, 0.15) is 5.75 Å². The van der Waals surface area contributed by atoms with E-state index in [1.54, 1.807) is 0 Å². The van der Waals surface area contributed by atoms with Crippen LogP contribution in [-0.2, 0) is 11.2 Å². The van der Waals surface area contributed by atoms with E-state index in [-0.39, 0.29) is 19.1 Å². The molecule has 5 heteroatoms. The number of carbonyl (C=O) groups is 1. The van der Waals surface area contributed by atoms with Gasteiger partial charge in [-0.1, -0.05) is 18.2 Å². The van der Waals surface area contributed by atoms with Crippen LogP contribution in [0, 0.1) is 0 Å². The summed E-state index contributed by atoms with van der Waals surface area (Å²) in [6.07, 6.45) is -0.932. The Hall–Kier alpha value is -1.59. The van der Waals surface area contributed by atoms with E-state index >= 15 is 0 Å². The Morgan fingerprint density at radius 1 is 1.53 bits per heavy atom. The molecule has 0 radical (unpaired) electrons. The first-order valence-electron chi connectivity index (χ1n) is 5.52. The minimum Gasteiger partial charge on any atom is -0.480 e. The van der Waals surface area contributed by atoms with Crippen molar-refractivity contribution in [1.29, 1.82) is 0 Å². The van der Waals surface area contributed by atoms with Crippen LogP contribution in [0.25, 0.3) is 0 Å². The van der Waals surface area contributed by atoms with Crippen molar-refractivity contribution in [2.24, 2.45) is 0 Å². The number of carbonyl (C=O) groups excluding carboxylic acids is 1. The third-order valence-corrected chi connectivity index (χ3v) is 2.66. The van der Waals surface area contributed by atoms with E-state index in [9.17, 15) is 4.79 Å². The van der Waals surface area contributed by atoms with Crippen molar-refractivity contribution in [3.63, 3.8) is 0 Å². The van der Waals surface area contributed by atoms with Gasteiger partial charge in [-0.3, -0.25) is 4.79 Å². The molecule has 1 aliphatic heterocycles. The summed E-state index contributed by atoms with van der Waals surface area (Å²) in [5.41, 5.74) is 1.01. The summed E-state index contributed by atoms with van der Waals surface area (Å²) in [5, 5.41) is 20.3. The van der Waals surface area contributed by atoms with Crippen molar-refractivity contribution in [3.8, 4) is 5.75 Å². The monoisotopic (exact) mass is 237 g/mol. The molecule has 0 saturated carbocycles. The second-order valence-corrected chi connectivity index (χ2v) is 4.00. The van der Waals surface area contributed by atoms with E-state index in [2.05, 4.69) is 5.32 Å². The summed E-state index contributed by atoms with van der Waals surface area (Å²) in [7, 11) is 0. The molecule has 0 aromatic heterocycles. The zero-order valence-corrected chi connectivity index (χ0v) is 9.30. The van der Waals surface area contributed by atoms with Crippen LogP contribution in [0.5, 0.6) is 5.75 Å². The minimum absolute atomic E-state index is 0.0333. The van der Waals surface area contributed by atoms with Crippen LogP contribution in [0.4, 0.5) is 0 Å². The number of benzene rings is 1. The highest BCUT2D eigenvalue weighted by atomic mass is 16.5. The Morgan fingerprint density at radius 2 is 2.29 bits per heavy atom. The molecule has 92 valence electrons. The van der Waals surface area contributed by atoms with Crippen molar-refractivity contribution in [1.82, 2.24) is 5.32 Å². The summed E-state index contributed by atoms with van der Waals surface area (Å²) < 4.78 is 5.48. The number of hydrogen-bond donors (Lipinski definition) is 3. The molecule has 1 aromatic rings. The second-order valence-electron chi connectivity index (χ2n) is 4.00. The quantitative estimate of drug-likeness (QED) is 0.657. The molecule has 5 nitrogen and oxygen atoms in total. The van der Waals surface area contributed by atoms with Gasteiger partial charge < -0.3 is 20.3 Å². The molecule has 3 N–H and O–H groups in total. The molecule has 0 bridgehead atoms. The topological polar surface area (TPSA) is 78.8 Å². The lowest BCUT2D eigenvalue weighted by atomic mass is 10.1. The van der Waals surface area contributed by atoms with E-state index in [0.717, 1.165) is 11.3 Å². The van der Waals surface area contributed by atoms with Gasteiger partial charge in [0.25, 0.3) is 5.91 Å². The van der Waals surface area contributed by atoms with Gasteiger partial charge in [0.15, 0.2) is 6.10 Å². The smallest absolute Gasteiger partial charge is 0.261 e. The Labute approximate surface area is 99.0 Å². The first-order valence-corrected chi connectivity index (χ1v) is 5.52. The SMILES string of the molecule is O=C(NCC(O)CO)C1Cc2ccccc2O1. The molecular formula is C12H15NO4. The summed E-state index contributed by atoms with van der Waals surface area (Å²) in [4.78, 5) is 11.7. The number of ether oxygens (including phenoxy) is 1. The fraction of sp³-hybridized carbons (Fsp3) is 0.417. The molecule has 17 heavy (non-hydrogen) atoms. The largest absolute Gasteiger partial charge is 0.480 e. The Bertz CT molecular complexity index is 382. The van der Waals surface area contributed by atoms with Gasteiger partial charge in [0, 0.05) is 13.0 Å².